The molecular formula is H12AlB4O12. The molecule has 0 aromatic rings. The first-order valence-electron chi connectivity index (χ1n) is 3.10. The van der Waals surface area contributed by atoms with Gasteiger partial charge >= 0.3 is 29.3 Å². The van der Waals surface area contributed by atoms with Crippen LogP contribution >= 0.6 is 0 Å². The smallest absolute Gasteiger partial charge is 0.402 e. The van der Waals surface area contributed by atoms with Crippen LogP contribution in [0.5, 0.6) is 0 Å². The minimum absolute atomic E-state index is 0. The molecule has 0 aliphatic rings. The van der Waals surface area contributed by atoms with Gasteiger partial charge in [0.2, 0.25) is 0 Å². The molecule has 0 amide bonds. The van der Waals surface area contributed by atoms with Gasteiger partial charge in [0, 0.05) is 17.4 Å². The molecule has 12 N–H and O–H groups in total. The van der Waals surface area contributed by atoms with Gasteiger partial charge in [-0.25, -0.2) is 0 Å². The third-order valence-corrected chi connectivity index (χ3v) is 0. The molecule has 0 bridgehead atoms. The van der Waals surface area contributed by atoms with Crippen molar-refractivity contribution in [3.05, 3.63) is 0 Å². The molecule has 17 heteroatoms. The highest BCUT2D eigenvalue weighted by atomic mass is 27.0. The van der Waals surface area contributed by atoms with E-state index in [1.807, 2.05) is 0 Å². The molecule has 17 heavy (non-hydrogen) atoms. The Hall–Kier alpha value is 0.312. The van der Waals surface area contributed by atoms with E-state index in [1.165, 1.54) is 0 Å². The predicted molar refractivity (Wildman–Crippen MR) is 55.4 cm³/mol. The van der Waals surface area contributed by atoms with E-state index in [2.05, 4.69) is 0 Å². The Labute approximate surface area is 108 Å². The SMILES string of the molecule is OB(O)O.OB(O)O.OB(O)O.OB(O)O.[Al]. The molecule has 0 aromatic heterocycles. The molecule has 0 atom stereocenters. The second kappa shape index (κ2) is 25.2. The lowest BCUT2D eigenvalue weighted by atomic mass is 10.3. The maximum absolute atomic E-state index is 7.17. The quantitative estimate of drug-likeness (QED) is 0.184. The molecule has 0 saturated heterocycles. The van der Waals surface area contributed by atoms with Crippen LogP contribution in [0.1, 0.15) is 0 Å². The topological polar surface area (TPSA) is 243 Å². The normalized spacial score (nSPS) is 6.35. The van der Waals surface area contributed by atoms with E-state index in [9.17, 15) is 0 Å². The Kier molecular flexibility index (Phi) is 45.1. The maximum Gasteiger partial charge on any atom is 0.631 e. The average molecular weight is 274 g/mol. The maximum atomic E-state index is 7.17. The van der Waals surface area contributed by atoms with Crippen molar-refractivity contribution >= 4 is 46.6 Å². The van der Waals surface area contributed by atoms with Crippen LogP contribution in [0.4, 0.5) is 0 Å². The zero-order valence-electron chi connectivity index (χ0n) is 8.25. The van der Waals surface area contributed by atoms with Crippen molar-refractivity contribution in [1.29, 1.82) is 0 Å². The highest BCUT2D eigenvalue weighted by Crippen LogP contribution is 1.41. The number of rotatable bonds is 0. The van der Waals surface area contributed by atoms with Gasteiger partial charge in [0.15, 0.2) is 0 Å². The summed E-state index contributed by atoms with van der Waals surface area (Å²) in [5.41, 5.74) is 0. The summed E-state index contributed by atoms with van der Waals surface area (Å²) in [6.07, 6.45) is 0. The lowest BCUT2D eigenvalue weighted by Gasteiger charge is -1.69. The molecule has 99 valence electrons. The summed E-state index contributed by atoms with van der Waals surface area (Å²) in [6, 6.07) is 0. The minimum Gasteiger partial charge on any atom is -0.402 e. The van der Waals surface area contributed by atoms with Crippen molar-refractivity contribution in [2.75, 3.05) is 0 Å². The standard InChI is InChI=1S/Al.4BH3O3/c;4*2-1(3)4/h;4*2-4H. The van der Waals surface area contributed by atoms with Crippen LogP contribution in [0, 0.1) is 0 Å². The molecular weight excluding hydrogens is 262 g/mol. The molecule has 0 heterocycles. The lowest BCUT2D eigenvalue weighted by molar-refractivity contribution is 0.276. The Morgan fingerprint density at radius 3 is 0.294 bits per heavy atom. The largest absolute Gasteiger partial charge is 0.631 e. The van der Waals surface area contributed by atoms with Gasteiger partial charge in [-0.1, -0.05) is 0 Å². The molecule has 0 rings (SSSR count). The van der Waals surface area contributed by atoms with Gasteiger partial charge in [-0.15, -0.1) is 0 Å². The lowest BCUT2D eigenvalue weighted by Crippen LogP contribution is -2.07. The van der Waals surface area contributed by atoms with Crippen molar-refractivity contribution in [2.24, 2.45) is 0 Å². The second-order valence-corrected chi connectivity index (χ2v) is 1.39. The van der Waals surface area contributed by atoms with Crippen LogP contribution in [0.25, 0.3) is 0 Å². The van der Waals surface area contributed by atoms with E-state index in [0.717, 1.165) is 0 Å². The van der Waals surface area contributed by atoms with Gasteiger partial charge in [0.05, 0.1) is 0 Å². The van der Waals surface area contributed by atoms with Gasteiger partial charge in [-0.05, 0) is 0 Å². The Balaban J connectivity index is -0.0000000369. The molecule has 3 radical (unpaired) electrons. The monoisotopic (exact) mass is 275 g/mol. The van der Waals surface area contributed by atoms with Crippen molar-refractivity contribution in [3.8, 4) is 0 Å². The molecule has 12 nitrogen and oxygen atoms in total. The summed E-state index contributed by atoms with van der Waals surface area (Å²) in [6.45, 7) is 0. The summed E-state index contributed by atoms with van der Waals surface area (Å²) in [7, 11) is -8.67. The van der Waals surface area contributed by atoms with Crippen LogP contribution in [0.15, 0.2) is 0 Å². The Bertz CT molecular complexity index is 61.5. The zero-order chi connectivity index (χ0) is 14.3. The first-order chi connectivity index (χ1) is 6.93. The minimum atomic E-state index is -2.17. The summed E-state index contributed by atoms with van der Waals surface area (Å²) in [4.78, 5) is 0. The van der Waals surface area contributed by atoms with Gasteiger partial charge in [0.1, 0.15) is 0 Å². The van der Waals surface area contributed by atoms with Crippen molar-refractivity contribution < 1.29 is 60.3 Å². The summed E-state index contributed by atoms with van der Waals surface area (Å²) >= 11 is 0. The van der Waals surface area contributed by atoms with E-state index in [1.54, 1.807) is 0 Å². The van der Waals surface area contributed by atoms with Gasteiger partial charge in [0.25, 0.3) is 0 Å². The molecule has 0 aliphatic heterocycles. The molecule has 0 saturated carbocycles. The van der Waals surface area contributed by atoms with Gasteiger partial charge in [-0.2, -0.15) is 0 Å². The van der Waals surface area contributed by atoms with Gasteiger partial charge in [-0.3, -0.25) is 0 Å². The van der Waals surface area contributed by atoms with E-state index >= 15 is 0 Å². The van der Waals surface area contributed by atoms with Crippen molar-refractivity contribution in [1.82, 2.24) is 0 Å². The highest BCUT2D eigenvalue weighted by molar-refractivity contribution is 6.31. The fourth-order valence-corrected chi connectivity index (χ4v) is 0. The Morgan fingerprint density at radius 1 is 0.294 bits per heavy atom. The Morgan fingerprint density at radius 2 is 0.294 bits per heavy atom. The second-order valence-electron chi connectivity index (χ2n) is 1.39. The van der Waals surface area contributed by atoms with E-state index in [-0.39, 0.29) is 17.4 Å². The van der Waals surface area contributed by atoms with Crippen molar-refractivity contribution in [3.63, 3.8) is 0 Å². The predicted octanol–water partition coefficient (Wildman–Crippen LogP) is -8.59. The van der Waals surface area contributed by atoms with Crippen LogP contribution in [0.2, 0.25) is 0 Å². The molecule has 0 aliphatic carbocycles. The molecule has 0 aromatic carbocycles. The van der Waals surface area contributed by atoms with E-state index in [0.29, 0.717) is 0 Å². The van der Waals surface area contributed by atoms with E-state index < -0.39 is 29.3 Å². The van der Waals surface area contributed by atoms with Crippen molar-refractivity contribution in [2.45, 2.75) is 0 Å². The third-order valence-electron chi connectivity index (χ3n) is 0. The summed E-state index contributed by atoms with van der Waals surface area (Å²) < 4.78 is 0. The average Bonchev–Trinajstić information content (AvgIpc) is 1.76. The first-order valence-corrected chi connectivity index (χ1v) is 3.10. The van der Waals surface area contributed by atoms with Crippen LogP contribution < -0.4 is 0 Å². The molecule has 0 unspecified atom stereocenters. The summed E-state index contributed by atoms with van der Waals surface area (Å²) in [5, 5.41) is 86.0. The van der Waals surface area contributed by atoms with Crippen LogP contribution in [0.3, 0.4) is 0 Å². The zero-order valence-corrected chi connectivity index (χ0v) is 9.41. The highest BCUT2D eigenvalue weighted by Gasteiger charge is 1.93. The third kappa shape index (κ3) is 34300. The summed E-state index contributed by atoms with van der Waals surface area (Å²) in [5.74, 6) is 0. The van der Waals surface area contributed by atoms with E-state index in [4.69, 9.17) is 60.3 Å². The number of hydrogen-bond donors (Lipinski definition) is 12. The van der Waals surface area contributed by atoms with Crippen LogP contribution in [-0.4, -0.2) is 107 Å². The fraction of sp³-hybridized carbons (Fsp3) is 0. The van der Waals surface area contributed by atoms with Crippen LogP contribution in [-0.2, 0) is 0 Å². The first kappa shape index (κ1) is 30.4. The molecule has 0 fully saturated rings. The molecule has 0 spiro atoms. The fourth-order valence-electron chi connectivity index (χ4n) is 0. The van der Waals surface area contributed by atoms with Gasteiger partial charge < -0.3 is 60.3 Å². The number of hydrogen-bond acceptors (Lipinski definition) is 12.